The fraction of sp³-hybridized carbons (Fsp3) is 0.333. The van der Waals surface area contributed by atoms with Gasteiger partial charge in [0.2, 0.25) is 10.0 Å². The standard InChI is InChI=1S/C18H20Cl2N2O3S/c19-15-10-16(20)12-17(11-15)26(23,24)21-18(14-4-2-1-3-5-14)13-22-6-8-25-9-7-22/h1-5,10-12,18,21H,6-9,13H2/t18-/m0/s1. The number of sulfonamides is 1. The maximum Gasteiger partial charge on any atom is 0.241 e. The molecule has 5 nitrogen and oxygen atoms in total. The lowest BCUT2D eigenvalue weighted by Crippen LogP contribution is -2.43. The summed E-state index contributed by atoms with van der Waals surface area (Å²) >= 11 is 11.9. The number of nitrogens with one attached hydrogen (secondary N) is 1. The fourth-order valence-electron chi connectivity index (χ4n) is 2.88. The molecular weight excluding hydrogens is 395 g/mol. The van der Waals surface area contributed by atoms with Gasteiger partial charge in [0.05, 0.1) is 24.2 Å². The van der Waals surface area contributed by atoms with Crippen molar-refractivity contribution in [1.82, 2.24) is 9.62 Å². The molecule has 2 aromatic carbocycles. The summed E-state index contributed by atoms with van der Waals surface area (Å²) in [5, 5.41) is 0.560. The molecule has 1 saturated heterocycles. The first kappa shape index (κ1) is 19.6. The van der Waals surface area contributed by atoms with E-state index in [1.165, 1.54) is 18.2 Å². The third kappa shape index (κ3) is 5.19. The number of hydrogen-bond donors (Lipinski definition) is 1. The summed E-state index contributed by atoms with van der Waals surface area (Å²) in [6.45, 7) is 3.40. The minimum atomic E-state index is -3.78. The van der Waals surface area contributed by atoms with E-state index in [1.807, 2.05) is 30.3 Å². The number of nitrogens with zero attached hydrogens (tertiary/aromatic N) is 1. The van der Waals surface area contributed by atoms with Crippen molar-refractivity contribution in [2.45, 2.75) is 10.9 Å². The van der Waals surface area contributed by atoms with Crippen LogP contribution in [0.15, 0.2) is 53.4 Å². The van der Waals surface area contributed by atoms with Crippen LogP contribution >= 0.6 is 23.2 Å². The maximum atomic E-state index is 12.9. The molecule has 1 fully saturated rings. The lowest BCUT2D eigenvalue weighted by Gasteiger charge is -2.31. The van der Waals surface area contributed by atoms with Gasteiger partial charge in [0.1, 0.15) is 0 Å². The Morgan fingerprint density at radius 1 is 1.04 bits per heavy atom. The Balaban J connectivity index is 1.86. The van der Waals surface area contributed by atoms with E-state index >= 15 is 0 Å². The van der Waals surface area contributed by atoms with Crippen LogP contribution in [0.5, 0.6) is 0 Å². The molecule has 0 amide bonds. The maximum absolute atomic E-state index is 12.9. The first-order valence-corrected chi connectivity index (χ1v) is 10.5. The van der Waals surface area contributed by atoms with Crippen molar-refractivity contribution in [1.29, 1.82) is 0 Å². The summed E-state index contributed by atoms with van der Waals surface area (Å²) < 4.78 is 34.0. The van der Waals surface area contributed by atoms with Crippen LogP contribution in [0.25, 0.3) is 0 Å². The van der Waals surface area contributed by atoms with Gasteiger partial charge in [0.25, 0.3) is 0 Å². The molecule has 0 aromatic heterocycles. The van der Waals surface area contributed by atoms with E-state index in [0.29, 0.717) is 19.8 Å². The summed E-state index contributed by atoms with van der Waals surface area (Å²) in [7, 11) is -3.78. The number of morpholine rings is 1. The summed E-state index contributed by atoms with van der Waals surface area (Å²) in [5.41, 5.74) is 0.899. The zero-order valence-electron chi connectivity index (χ0n) is 14.1. The van der Waals surface area contributed by atoms with Gasteiger partial charge in [-0.15, -0.1) is 0 Å². The molecule has 1 aliphatic rings. The summed E-state index contributed by atoms with van der Waals surface area (Å²) in [6, 6.07) is 13.4. The molecule has 1 heterocycles. The van der Waals surface area contributed by atoms with Crippen LogP contribution in [0.4, 0.5) is 0 Å². The van der Waals surface area contributed by atoms with Gasteiger partial charge in [-0.3, -0.25) is 4.90 Å². The molecule has 2 aromatic rings. The molecule has 1 N–H and O–H groups in total. The van der Waals surface area contributed by atoms with Crippen LogP contribution in [0.3, 0.4) is 0 Å². The summed E-state index contributed by atoms with van der Waals surface area (Å²) in [5.74, 6) is 0. The summed E-state index contributed by atoms with van der Waals surface area (Å²) in [6.07, 6.45) is 0. The van der Waals surface area contributed by atoms with Crippen molar-refractivity contribution < 1.29 is 13.2 Å². The number of halogens is 2. The lowest BCUT2D eigenvalue weighted by molar-refractivity contribution is 0.0345. The molecular formula is C18H20Cl2N2O3S. The molecule has 0 bridgehead atoms. The summed E-state index contributed by atoms with van der Waals surface area (Å²) in [4.78, 5) is 2.24. The van der Waals surface area contributed by atoms with Gasteiger partial charge in [-0.05, 0) is 23.8 Å². The second-order valence-electron chi connectivity index (χ2n) is 6.10. The normalized spacial score (nSPS) is 17.2. The Morgan fingerprint density at radius 2 is 1.65 bits per heavy atom. The third-order valence-corrected chi connectivity index (χ3v) is 6.08. The van der Waals surface area contributed by atoms with Crippen LogP contribution in [0, 0.1) is 0 Å². The minimum absolute atomic E-state index is 0.0536. The van der Waals surface area contributed by atoms with Crippen molar-refractivity contribution in [3.05, 3.63) is 64.1 Å². The Hall–Kier alpha value is -1.15. The Kier molecular flexibility index (Phi) is 6.55. The van der Waals surface area contributed by atoms with E-state index in [0.717, 1.165) is 18.7 Å². The third-order valence-electron chi connectivity index (χ3n) is 4.19. The topological polar surface area (TPSA) is 58.6 Å². The molecule has 140 valence electrons. The van der Waals surface area contributed by atoms with Gasteiger partial charge in [-0.1, -0.05) is 53.5 Å². The van der Waals surface area contributed by atoms with E-state index in [2.05, 4.69) is 9.62 Å². The van der Waals surface area contributed by atoms with Crippen LogP contribution in [-0.4, -0.2) is 46.2 Å². The first-order chi connectivity index (χ1) is 12.4. The van der Waals surface area contributed by atoms with E-state index in [4.69, 9.17) is 27.9 Å². The average Bonchev–Trinajstić information content (AvgIpc) is 2.62. The van der Waals surface area contributed by atoms with Gasteiger partial charge in [0, 0.05) is 29.7 Å². The quantitative estimate of drug-likeness (QED) is 0.786. The van der Waals surface area contributed by atoms with Crippen molar-refractivity contribution in [3.63, 3.8) is 0 Å². The van der Waals surface area contributed by atoms with Gasteiger partial charge in [-0.2, -0.15) is 0 Å². The molecule has 1 aliphatic heterocycles. The monoisotopic (exact) mass is 414 g/mol. The highest BCUT2D eigenvalue weighted by Crippen LogP contribution is 2.24. The van der Waals surface area contributed by atoms with Crippen LogP contribution in [0.2, 0.25) is 10.0 Å². The lowest BCUT2D eigenvalue weighted by atomic mass is 10.1. The van der Waals surface area contributed by atoms with E-state index in [-0.39, 0.29) is 14.9 Å². The molecule has 0 spiro atoms. The molecule has 26 heavy (non-hydrogen) atoms. The molecule has 8 heteroatoms. The Morgan fingerprint density at radius 3 is 2.27 bits per heavy atom. The predicted molar refractivity (Wildman–Crippen MR) is 103 cm³/mol. The number of ether oxygens (including phenoxy) is 1. The first-order valence-electron chi connectivity index (χ1n) is 8.27. The number of rotatable bonds is 6. The van der Waals surface area contributed by atoms with Crippen LogP contribution in [0.1, 0.15) is 11.6 Å². The minimum Gasteiger partial charge on any atom is -0.379 e. The highest BCUT2D eigenvalue weighted by atomic mass is 35.5. The molecule has 0 saturated carbocycles. The van der Waals surface area contributed by atoms with Crippen LogP contribution in [-0.2, 0) is 14.8 Å². The number of hydrogen-bond acceptors (Lipinski definition) is 4. The second kappa shape index (κ2) is 8.69. The second-order valence-corrected chi connectivity index (χ2v) is 8.69. The van der Waals surface area contributed by atoms with Crippen molar-refractivity contribution in [2.75, 3.05) is 32.8 Å². The highest BCUT2D eigenvalue weighted by molar-refractivity contribution is 7.89. The Bertz CT molecular complexity index is 821. The van der Waals surface area contributed by atoms with Crippen molar-refractivity contribution >= 4 is 33.2 Å². The SMILES string of the molecule is O=S(=O)(N[C@@H](CN1CCOCC1)c1ccccc1)c1cc(Cl)cc(Cl)c1. The van der Waals surface area contributed by atoms with Gasteiger partial charge in [0.15, 0.2) is 0 Å². The van der Waals surface area contributed by atoms with Crippen LogP contribution < -0.4 is 4.72 Å². The molecule has 0 radical (unpaired) electrons. The smallest absolute Gasteiger partial charge is 0.241 e. The van der Waals surface area contributed by atoms with E-state index in [1.54, 1.807) is 0 Å². The molecule has 0 unspecified atom stereocenters. The molecule has 1 atom stereocenters. The Labute approximate surface area is 163 Å². The van der Waals surface area contributed by atoms with Gasteiger partial charge in [-0.25, -0.2) is 13.1 Å². The zero-order valence-corrected chi connectivity index (χ0v) is 16.4. The average molecular weight is 415 g/mol. The molecule has 3 rings (SSSR count). The largest absolute Gasteiger partial charge is 0.379 e. The van der Waals surface area contributed by atoms with Crippen molar-refractivity contribution in [3.8, 4) is 0 Å². The highest BCUT2D eigenvalue weighted by Gasteiger charge is 2.25. The van der Waals surface area contributed by atoms with Gasteiger partial charge >= 0.3 is 0 Å². The van der Waals surface area contributed by atoms with E-state index < -0.39 is 16.1 Å². The fourth-order valence-corrected chi connectivity index (χ4v) is 4.82. The van der Waals surface area contributed by atoms with E-state index in [9.17, 15) is 8.42 Å². The molecule has 0 aliphatic carbocycles. The number of benzene rings is 2. The zero-order chi connectivity index (χ0) is 18.6. The predicted octanol–water partition coefficient (Wildman–Crippen LogP) is 3.35. The van der Waals surface area contributed by atoms with Gasteiger partial charge < -0.3 is 4.74 Å². The van der Waals surface area contributed by atoms with Crippen molar-refractivity contribution in [2.24, 2.45) is 0 Å².